The first-order chi connectivity index (χ1) is 10.1. The average Bonchev–Trinajstić information content (AvgIpc) is 2.92. The van der Waals surface area contributed by atoms with E-state index in [9.17, 15) is 19.3 Å². The highest BCUT2D eigenvalue weighted by molar-refractivity contribution is 5.82. The maximum Gasteiger partial charge on any atom is 0.304 e. The van der Waals surface area contributed by atoms with Gasteiger partial charge in [-0.2, -0.15) is 4.39 Å². The zero-order chi connectivity index (χ0) is 15.0. The maximum atomic E-state index is 13.6. The summed E-state index contributed by atoms with van der Waals surface area (Å²) in [7, 11) is 0. The van der Waals surface area contributed by atoms with E-state index in [0.29, 0.717) is 17.5 Å². The third-order valence-corrected chi connectivity index (χ3v) is 3.30. The molecule has 2 N–H and O–H groups in total. The largest absolute Gasteiger partial charge is 0.357 e. The van der Waals surface area contributed by atoms with Crippen molar-refractivity contribution < 1.29 is 9.31 Å². The lowest BCUT2D eigenvalue weighted by molar-refractivity contribution is -0.387. The van der Waals surface area contributed by atoms with Crippen molar-refractivity contribution in [1.29, 1.82) is 0 Å². The average molecular weight is 287 g/mol. The number of aromatic nitrogens is 2. The highest BCUT2D eigenvalue weighted by Gasteiger charge is 2.14. The number of nitro benzene ring substituents is 1. The van der Waals surface area contributed by atoms with Gasteiger partial charge in [-0.3, -0.25) is 14.9 Å². The Hall–Kier alpha value is -2.96. The summed E-state index contributed by atoms with van der Waals surface area (Å²) in [5.74, 6) is -0.868. The van der Waals surface area contributed by atoms with Gasteiger partial charge in [0.2, 0.25) is 5.82 Å². The van der Waals surface area contributed by atoms with Gasteiger partial charge < -0.3 is 9.97 Å². The molecule has 1 aromatic carbocycles. The number of hydrogen-bond acceptors (Lipinski definition) is 3. The molecule has 0 aliphatic heterocycles. The van der Waals surface area contributed by atoms with E-state index < -0.39 is 16.4 Å². The molecule has 21 heavy (non-hydrogen) atoms. The topological polar surface area (TPSA) is 91.8 Å². The van der Waals surface area contributed by atoms with Crippen molar-refractivity contribution in [2.75, 3.05) is 0 Å². The minimum atomic E-state index is -0.868. The molecule has 6 nitrogen and oxygen atoms in total. The Morgan fingerprint density at radius 2 is 2.05 bits per heavy atom. The molecule has 0 radical (unpaired) electrons. The Bertz CT molecular complexity index is 898. The van der Waals surface area contributed by atoms with Gasteiger partial charge in [0, 0.05) is 23.8 Å². The lowest BCUT2D eigenvalue weighted by Crippen LogP contribution is -2.07. The summed E-state index contributed by atoms with van der Waals surface area (Å²) < 4.78 is 13.6. The fourth-order valence-corrected chi connectivity index (χ4v) is 2.30. The number of rotatable bonds is 3. The van der Waals surface area contributed by atoms with Gasteiger partial charge in [0.15, 0.2) is 0 Å². The number of benzene rings is 1. The summed E-state index contributed by atoms with van der Waals surface area (Å²) >= 11 is 0. The van der Waals surface area contributed by atoms with Crippen molar-refractivity contribution in [3.63, 3.8) is 0 Å². The minimum Gasteiger partial charge on any atom is -0.357 e. The van der Waals surface area contributed by atoms with Gasteiger partial charge >= 0.3 is 5.69 Å². The molecule has 2 aromatic heterocycles. The fraction of sp³-hybridized carbons (Fsp3) is 0.0714. The third-order valence-electron chi connectivity index (χ3n) is 3.30. The van der Waals surface area contributed by atoms with Crippen LogP contribution in [0.25, 0.3) is 10.9 Å². The lowest BCUT2D eigenvalue weighted by Gasteiger charge is -2.04. The molecule has 0 amide bonds. The van der Waals surface area contributed by atoms with E-state index in [2.05, 4.69) is 9.97 Å². The lowest BCUT2D eigenvalue weighted by atomic mass is 10.0. The fourth-order valence-electron chi connectivity index (χ4n) is 2.30. The molecule has 7 heteroatoms. The third kappa shape index (κ3) is 2.29. The second kappa shape index (κ2) is 4.86. The van der Waals surface area contributed by atoms with Crippen LogP contribution in [0.3, 0.4) is 0 Å². The van der Waals surface area contributed by atoms with E-state index in [4.69, 9.17) is 0 Å². The highest BCUT2D eigenvalue weighted by atomic mass is 19.1. The molecule has 0 aliphatic carbocycles. The number of aromatic amines is 2. The Kier molecular flexibility index (Phi) is 3.02. The van der Waals surface area contributed by atoms with Gasteiger partial charge in [-0.1, -0.05) is 6.07 Å². The maximum absolute atomic E-state index is 13.6. The van der Waals surface area contributed by atoms with Gasteiger partial charge in [0.1, 0.15) is 5.52 Å². The summed E-state index contributed by atoms with van der Waals surface area (Å²) in [6.45, 7) is 0. The first-order valence-electron chi connectivity index (χ1n) is 6.17. The molecule has 0 unspecified atom stereocenters. The number of fused-ring (bicyclic) bond motifs is 1. The van der Waals surface area contributed by atoms with Crippen LogP contribution in [0.15, 0.2) is 41.5 Å². The van der Waals surface area contributed by atoms with E-state index >= 15 is 0 Å². The van der Waals surface area contributed by atoms with Gasteiger partial charge in [-0.05, 0) is 29.7 Å². The SMILES string of the molecule is O=c1[nH]cc(Cc2ccc([N+](=O)[O-])c(F)c2)c2cc[nH]c12. The van der Waals surface area contributed by atoms with Gasteiger partial charge in [-0.25, -0.2) is 0 Å². The molecule has 3 rings (SSSR count). The zero-order valence-electron chi connectivity index (χ0n) is 10.7. The molecule has 0 spiro atoms. The number of nitro groups is 1. The summed E-state index contributed by atoms with van der Waals surface area (Å²) in [4.78, 5) is 26.9. The molecule has 2 heterocycles. The van der Waals surface area contributed by atoms with E-state index in [1.165, 1.54) is 6.07 Å². The molecular weight excluding hydrogens is 277 g/mol. The summed E-state index contributed by atoms with van der Waals surface area (Å²) in [6, 6.07) is 5.55. The van der Waals surface area contributed by atoms with Crippen LogP contribution in [0, 0.1) is 15.9 Å². The van der Waals surface area contributed by atoms with E-state index in [-0.39, 0.29) is 5.56 Å². The Morgan fingerprint density at radius 3 is 2.76 bits per heavy atom. The number of hydrogen-bond donors (Lipinski definition) is 2. The smallest absolute Gasteiger partial charge is 0.304 e. The number of pyridine rings is 1. The van der Waals surface area contributed by atoms with Crippen molar-refractivity contribution in [2.45, 2.75) is 6.42 Å². The van der Waals surface area contributed by atoms with E-state index in [1.54, 1.807) is 18.5 Å². The van der Waals surface area contributed by atoms with Crippen LogP contribution < -0.4 is 5.56 Å². The predicted molar refractivity (Wildman–Crippen MR) is 74.8 cm³/mol. The highest BCUT2D eigenvalue weighted by Crippen LogP contribution is 2.22. The van der Waals surface area contributed by atoms with Gasteiger partial charge in [-0.15, -0.1) is 0 Å². The number of halogens is 1. The normalized spacial score (nSPS) is 10.9. The standard InChI is InChI=1S/C14H10FN3O3/c15-11-6-8(1-2-12(11)18(20)21)5-9-7-17-14(19)13-10(9)3-4-16-13/h1-4,6-7,16H,5H2,(H,17,19). The molecule has 0 saturated carbocycles. The van der Waals surface area contributed by atoms with Crippen molar-refractivity contribution in [2.24, 2.45) is 0 Å². The molecular formula is C14H10FN3O3. The Labute approximate surface area is 117 Å². The Balaban J connectivity index is 2.01. The van der Waals surface area contributed by atoms with Crippen LogP contribution in [-0.2, 0) is 6.42 Å². The van der Waals surface area contributed by atoms with E-state index in [0.717, 1.165) is 23.1 Å². The minimum absolute atomic E-state index is 0.228. The molecule has 0 fully saturated rings. The van der Waals surface area contributed by atoms with Crippen molar-refractivity contribution in [1.82, 2.24) is 9.97 Å². The summed E-state index contributed by atoms with van der Waals surface area (Å²) in [5.41, 5.74) is 1.07. The van der Waals surface area contributed by atoms with Crippen molar-refractivity contribution in [3.05, 3.63) is 74.1 Å². The zero-order valence-corrected chi connectivity index (χ0v) is 10.7. The van der Waals surface area contributed by atoms with Crippen LogP contribution in [0.5, 0.6) is 0 Å². The van der Waals surface area contributed by atoms with Gasteiger partial charge in [0.25, 0.3) is 5.56 Å². The van der Waals surface area contributed by atoms with Gasteiger partial charge in [0.05, 0.1) is 4.92 Å². The monoisotopic (exact) mass is 287 g/mol. The van der Waals surface area contributed by atoms with Crippen LogP contribution in [0.2, 0.25) is 0 Å². The van der Waals surface area contributed by atoms with Crippen LogP contribution in [0.4, 0.5) is 10.1 Å². The second-order valence-electron chi connectivity index (χ2n) is 4.63. The van der Waals surface area contributed by atoms with Crippen molar-refractivity contribution in [3.8, 4) is 0 Å². The molecule has 0 atom stereocenters. The van der Waals surface area contributed by atoms with E-state index in [1.807, 2.05) is 0 Å². The number of nitrogens with zero attached hydrogens (tertiary/aromatic N) is 1. The second-order valence-corrected chi connectivity index (χ2v) is 4.63. The first kappa shape index (κ1) is 13.0. The molecule has 106 valence electrons. The summed E-state index contributed by atoms with van der Waals surface area (Å²) in [5, 5.41) is 11.3. The molecule has 3 aromatic rings. The van der Waals surface area contributed by atoms with Crippen LogP contribution in [-0.4, -0.2) is 14.9 Å². The molecule has 0 saturated heterocycles. The number of nitrogens with one attached hydrogen (secondary N) is 2. The van der Waals surface area contributed by atoms with Crippen LogP contribution >= 0.6 is 0 Å². The molecule has 0 bridgehead atoms. The summed E-state index contributed by atoms with van der Waals surface area (Å²) in [6.07, 6.45) is 3.58. The quantitative estimate of drug-likeness (QED) is 0.572. The predicted octanol–water partition coefficient (Wildman–Crippen LogP) is 2.49. The first-order valence-corrected chi connectivity index (χ1v) is 6.17. The molecule has 0 aliphatic rings. The van der Waals surface area contributed by atoms with Crippen LogP contribution in [0.1, 0.15) is 11.1 Å². The number of H-pyrrole nitrogens is 2. The van der Waals surface area contributed by atoms with Crippen molar-refractivity contribution >= 4 is 16.6 Å². The Morgan fingerprint density at radius 1 is 1.24 bits per heavy atom.